The minimum absolute atomic E-state index is 0.354. The first-order valence-electron chi connectivity index (χ1n) is 5.89. The fourth-order valence-electron chi connectivity index (χ4n) is 2.39. The molecule has 0 aliphatic rings. The van der Waals surface area contributed by atoms with Gasteiger partial charge in [0, 0.05) is 29.8 Å². The molecule has 0 fully saturated rings. The quantitative estimate of drug-likeness (QED) is 0.568. The van der Waals surface area contributed by atoms with Crippen molar-refractivity contribution in [2.24, 2.45) is 0 Å². The molecule has 0 saturated carbocycles. The van der Waals surface area contributed by atoms with Crippen LogP contribution in [-0.4, -0.2) is 25.1 Å². The van der Waals surface area contributed by atoms with Gasteiger partial charge in [-0.25, -0.2) is 0 Å². The molecule has 0 spiro atoms. The molecule has 0 radical (unpaired) electrons. The van der Waals surface area contributed by atoms with Gasteiger partial charge in [-0.05, 0) is 12.1 Å². The zero-order valence-corrected chi connectivity index (χ0v) is 11.7. The molecule has 2 aromatic heterocycles. The first kappa shape index (κ1) is 12.9. The summed E-state index contributed by atoms with van der Waals surface area (Å²) in [4.78, 5) is 3.13. The predicted octanol–water partition coefficient (Wildman–Crippen LogP) is 1.23. The first-order chi connectivity index (χ1) is 9.41. The third kappa shape index (κ3) is 1.83. The number of benzene rings is 1. The molecule has 0 amide bonds. The van der Waals surface area contributed by atoms with Gasteiger partial charge in [0.05, 0.1) is 12.6 Å². The molecule has 3 aromatic rings. The summed E-state index contributed by atoms with van der Waals surface area (Å²) in [6, 6.07) is 7.16. The Kier molecular flexibility index (Phi) is 2.70. The number of H-pyrrole nitrogens is 1. The van der Waals surface area contributed by atoms with Gasteiger partial charge in [-0.1, -0.05) is 3.97 Å². The van der Waals surface area contributed by atoms with E-state index in [1.165, 1.54) is 6.20 Å². The molecule has 0 aliphatic heterocycles. The lowest BCUT2D eigenvalue weighted by atomic mass is 10.1. The lowest BCUT2D eigenvalue weighted by Gasteiger charge is -2.03. The summed E-state index contributed by atoms with van der Waals surface area (Å²) >= 11 is 0. The molecular weight excluding hydrogens is 280 g/mol. The minimum Gasteiger partial charge on any atom is -0.693 e. The second-order valence-electron chi connectivity index (χ2n) is 4.48. The Morgan fingerprint density at radius 2 is 2.00 bits per heavy atom. The Morgan fingerprint density at radius 3 is 2.65 bits per heavy atom. The van der Waals surface area contributed by atoms with Crippen LogP contribution in [0, 0.1) is 6.92 Å². The average molecular weight is 292 g/mol. The molecule has 7 heteroatoms. The second-order valence-corrected chi connectivity index (χ2v) is 5.73. The largest absolute Gasteiger partial charge is 0.693 e. The van der Waals surface area contributed by atoms with E-state index in [-0.39, 0.29) is 0 Å². The van der Waals surface area contributed by atoms with E-state index in [0.29, 0.717) is 17.0 Å². The molecule has 1 aromatic carbocycles. The maximum absolute atomic E-state index is 11.2. The highest BCUT2D eigenvalue weighted by molar-refractivity contribution is 7.78. The molecule has 2 heterocycles. The number of aromatic nitrogens is 2. The molecule has 6 nitrogen and oxygen atoms in total. The third-order valence-electron chi connectivity index (χ3n) is 3.36. The van der Waals surface area contributed by atoms with Gasteiger partial charge in [0.25, 0.3) is 0 Å². The summed E-state index contributed by atoms with van der Waals surface area (Å²) in [5.41, 5.74) is 1.80. The monoisotopic (exact) mass is 292 g/mol. The lowest BCUT2D eigenvalue weighted by Crippen LogP contribution is -2.44. The Bertz CT molecular complexity index is 928. The summed E-state index contributed by atoms with van der Waals surface area (Å²) in [6.07, 6.45) is 1.28. The zero-order chi connectivity index (χ0) is 14.5. The number of nitrogens with zero attached hydrogens (tertiary/aromatic N) is 1. The summed E-state index contributed by atoms with van der Waals surface area (Å²) in [6.45, 7) is 1.59. The Labute approximate surface area is 115 Å². The van der Waals surface area contributed by atoms with Crippen molar-refractivity contribution in [1.82, 2.24) is 4.98 Å². The second kappa shape index (κ2) is 4.19. The number of hydrogen-bond donors (Lipinski definition) is 1. The number of pyridine rings is 1. The summed E-state index contributed by atoms with van der Waals surface area (Å²) in [5.74, 6) is 0.700. The maximum Gasteiger partial charge on any atom is 0.330 e. The number of nitrogens with one attached hydrogen (secondary N) is 1. The van der Waals surface area contributed by atoms with Crippen LogP contribution < -0.4 is 8.71 Å². The van der Waals surface area contributed by atoms with E-state index in [0.717, 1.165) is 20.3 Å². The fraction of sp³-hybridized carbons (Fsp3) is 0.154. The van der Waals surface area contributed by atoms with E-state index in [9.17, 15) is 13.0 Å². The van der Waals surface area contributed by atoms with Crippen LogP contribution in [0.15, 0.2) is 30.5 Å². The molecule has 0 atom stereocenters. The van der Waals surface area contributed by atoms with Gasteiger partial charge in [-0.15, -0.1) is 0 Å². The Morgan fingerprint density at radius 1 is 1.25 bits per heavy atom. The van der Waals surface area contributed by atoms with Gasteiger partial charge in [-0.3, -0.25) is 0 Å². The molecule has 0 bridgehead atoms. The maximum atomic E-state index is 11.2. The van der Waals surface area contributed by atoms with Crippen molar-refractivity contribution in [3.63, 3.8) is 0 Å². The van der Waals surface area contributed by atoms with Crippen molar-refractivity contribution in [3.8, 4) is 5.75 Å². The van der Waals surface area contributed by atoms with Gasteiger partial charge in [-0.2, -0.15) is 8.42 Å². The molecule has 0 unspecified atom stereocenters. The van der Waals surface area contributed by atoms with Crippen LogP contribution >= 0.6 is 0 Å². The van der Waals surface area contributed by atoms with Crippen molar-refractivity contribution in [2.45, 2.75) is 6.92 Å². The van der Waals surface area contributed by atoms with E-state index in [1.54, 1.807) is 20.1 Å². The highest BCUT2D eigenvalue weighted by atomic mass is 32.2. The normalized spacial score (nSPS) is 12.2. The number of methoxy groups -OCH3 is 1. The summed E-state index contributed by atoms with van der Waals surface area (Å²) in [7, 11) is -2.98. The predicted molar refractivity (Wildman–Crippen MR) is 72.4 cm³/mol. The number of ether oxygens (including phenoxy) is 1. The number of rotatable bonds is 2. The van der Waals surface area contributed by atoms with Crippen molar-refractivity contribution < 1.29 is 21.7 Å². The van der Waals surface area contributed by atoms with E-state index in [1.807, 2.05) is 18.2 Å². The number of aromatic amines is 1. The van der Waals surface area contributed by atoms with Gasteiger partial charge >= 0.3 is 10.3 Å². The van der Waals surface area contributed by atoms with Crippen molar-refractivity contribution in [3.05, 3.63) is 36.2 Å². The molecule has 3 rings (SSSR count). The van der Waals surface area contributed by atoms with E-state index in [2.05, 4.69) is 4.98 Å². The molecular formula is C13H12N2O4S. The van der Waals surface area contributed by atoms with Crippen LogP contribution in [0.2, 0.25) is 0 Å². The van der Waals surface area contributed by atoms with Crippen LogP contribution in [0.3, 0.4) is 0 Å². The van der Waals surface area contributed by atoms with E-state index in [4.69, 9.17) is 4.74 Å². The summed E-state index contributed by atoms with van der Waals surface area (Å²) < 4.78 is 39.4. The minimum atomic E-state index is -4.55. The van der Waals surface area contributed by atoms with Crippen molar-refractivity contribution in [1.29, 1.82) is 0 Å². The third-order valence-corrected chi connectivity index (χ3v) is 4.23. The lowest BCUT2D eigenvalue weighted by molar-refractivity contribution is -0.525. The topological polar surface area (TPSA) is 86.1 Å². The SMILES string of the molecule is COc1ccc2c(c1)[nH]c1c(C)[n+](S(=O)(=O)[O-])ccc12. The number of hydrogen-bond acceptors (Lipinski definition) is 4. The summed E-state index contributed by atoms with van der Waals surface area (Å²) in [5, 5.41) is 1.81. The van der Waals surface area contributed by atoms with E-state index < -0.39 is 10.3 Å². The molecule has 0 aliphatic carbocycles. The standard InChI is InChI=1S/C13H12N2O4S/c1-8-13-11(5-6-15(8)20(16,17)18)10-4-3-9(19-2)7-12(10)14-13/h3-7H,1-2H3,(H,16,17,18). The van der Waals surface area contributed by atoms with Gasteiger partial charge < -0.3 is 14.3 Å². The Hall–Kier alpha value is -2.12. The first-order valence-corrected chi connectivity index (χ1v) is 7.25. The molecule has 1 N–H and O–H groups in total. The van der Waals surface area contributed by atoms with E-state index >= 15 is 0 Å². The van der Waals surface area contributed by atoms with Crippen LogP contribution in [0.25, 0.3) is 21.8 Å². The van der Waals surface area contributed by atoms with Crippen LogP contribution in [0.4, 0.5) is 0 Å². The smallest absolute Gasteiger partial charge is 0.330 e. The van der Waals surface area contributed by atoms with Crippen LogP contribution in [0.5, 0.6) is 5.75 Å². The molecule has 20 heavy (non-hydrogen) atoms. The number of aryl methyl sites for hydroxylation is 1. The van der Waals surface area contributed by atoms with Crippen molar-refractivity contribution >= 4 is 32.1 Å². The van der Waals surface area contributed by atoms with Gasteiger partial charge in [0.2, 0.25) is 5.69 Å². The van der Waals surface area contributed by atoms with Gasteiger partial charge in [0.15, 0.2) is 6.20 Å². The molecule has 0 saturated heterocycles. The zero-order valence-electron chi connectivity index (χ0n) is 10.9. The number of fused-ring (bicyclic) bond motifs is 3. The average Bonchev–Trinajstić information content (AvgIpc) is 2.76. The molecule has 104 valence electrons. The Balaban J connectivity index is 2.41. The van der Waals surface area contributed by atoms with Crippen LogP contribution in [0.1, 0.15) is 5.69 Å². The highest BCUT2D eigenvalue weighted by Gasteiger charge is 2.19. The van der Waals surface area contributed by atoms with Crippen molar-refractivity contribution in [2.75, 3.05) is 7.11 Å². The van der Waals surface area contributed by atoms with Crippen LogP contribution in [-0.2, 0) is 10.3 Å². The fourth-order valence-corrected chi connectivity index (χ4v) is 3.03. The highest BCUT2D eigenvalue weighted by Crippen LogP contribution is 2.28. The van der Waals surface area contributed by atoms with Gasteiger partial charge in [0.1, 0.15) is 11.3 Å².